The van der Waals surface area contributed by atoms with Gasteiger partial charge in [-0.25, -0.2) is 10.8 Å². The molecule has 0 bridgehead atoms. The molecule has 0 spiro atoms. The van der Waals surface area contributed by atoms with Gasteiger partial charge in [-0.15, -0.1) is 0 Å². The molecule has 1 heterocycles. The lowest BCUT2D eigenvalue weighted by Crippen LogP contribution is -2.44. The lowest BCUT2D eigenvalue weighted by Gasteiger charge is -2.21. The zero-order chi connectivity index (χ0) is 11.5. The highest BCUT2D eigenvalue weighted by molar-refractivity contribution is 5.97. The summed E-state index contributed by atoms with van der Waals surface area (Å²) in [5.41, 5.74) is 5.26. The zero-order valence-corrected chi connectivity index (χ0v) is 9.77. The molecule has 1 aliphatic rings. The van der Waals surface area contributed by atoms with Crippen molar-refractivity contribution in [2.24, 2.45) is 10.8 Å². The summed E-state index contributed by atoms with van der Waals surface area (Å²) in [5.74, 6) is 6.29. The van der Waals surface area contributed by atoms with E-state index in [1.54, 1.807) is 0 Å². The van der Waals surface area contributed by atoms with E-state index < -0.39 is 0 Å². The summed E-state index contributed by atoms with van der Waals surface area (Å²) < 4.78 is 0. The Balaban J connectivity index is 2.30. The SMILES string of the molecule is CC(C)N=C(NN)N1CCc2ccccc21. The predicted octanol–water partition coefficient (Wildman–Crippen LogP) is 1.28. The molecule has 0 saturated carbocycles. The Kier molecular flexibility index (Phi) is 3.10. The first kappa shape index (κ1) is 11.0. The van der Waals surface area contributed by atoms with Crippen molar-refractivity contribution in [1.29, 1.82) is 0 Å². The van der Waals surface area contributed by atoms with E-state index in [0.717, 1.165) is 18.9 Å². The summed E-state index contributed by atoms with van der Waals surface area (Å²) in [6, 6.07) is 8.60. The largest absolute Gasteiger partial charge is 0.311 e. The van der Waals surface area contributed by atoms with Gasteiger partial charge in [0, 0.05) is 18.3 Å². The van der Waals surface area contributed by atoms with Crippen LogP contribution in [0.5, 0.6) is 0 Å². The fourth-order valence-electron chi connectivity index (χ4n) is 1.99. The molecule has 0 unspecified atom stereocenters. The van der Waals surface area contributed by atoms with Gasteiger partial charge in [0.25, 0.3) is 0 Å². The zero-order valence-electron chi connectivity index (χ0n) is 9.77. The normalized spacial score (nSPS) is 15.5. The van der Waals surface area contributed by atoms with Gasteiger partial charge in [0.2, 0.25) is 5.96 Å². The summed E-state index contributed by atoms with van der Waals surface area (Å²) in [5, 5.41) is 0. The fraction of sp³-hybridized carbons (Fsp3) is 0.417. The molecule has 16 heavy (non-hydrogen) atoms. The predicted molar refractivity (Wildman–Crippen MR) is 67.4 cm³/mol. The summed E-state index contributed by atoms with van der Waals surface area (Å²) in [4.78, 5) is 6.62. The van der Waals surface area contributed by atoms with Crippen LogP contribution >= 0.6 is 0 Å². The first-order valence-corrected chi connectivity index (χ1v) is 5.62. The maximum Gasteiger partial charge on any atom is 0.213 e. The van der Waals surface area contributed by atoms with Gasteiger partial charge in [-0.1, -0.05) is 18.2 Å². The summed E-state index contributed by atoms with van der Waals surface area (Å²) in [6.45, 7) is 5.02. The van der Waals surface area contributed by atoms with Gasteiger partial charge in [0.05, 0.1) is 0 Å². The monoisotopic (exact) mass is 218 g/mol. The van der Waals surface area contributed by atoms with E-state index in [1.165, 1.54) is 11.3 Å². The Hall–Kier alpha value is -1.55. The average Bonchev–Trinajstić information content (AvgIpc) is 2.69. The van der Waals surface area contributed by atoms with Crippen molar-refractivity contribution < 1.29 is 0 Å². The van der Waals surface area contributed by atoms with Gasteiger partial charge in [0.15, 0.2) is 0 Å². The molecule has 2 rings (SSSR count). The van der Waals surface area contributed by atoms with E-state index in [2.05, 4.69) is 33.5 Å². The van der Waals surface area contributed by atoms with Crippen LogP contribution in [-0.2, 0) is 6.42 Å². The van der Waals surface area contributed by atoms with Gasteiger partial charge in [0.1, 0.15) is 0 Å². The number of hydrogen-bond acceptors (Lipinski definition) is 2. The molecule has 3 N–H and O–H groups in total. The van der Waals surface area contributed by atoms with Crippen molar-refractivity contribution in [3.63, 3.8) is 0 Å². The number of anilines is 1. The van der Waals surface area contributed by atoms with Crippen LogP contribution in [0.25, 0.3) is 0 Å². The summed E-state index contributed by atoms with van der Waals surface area (Å²) >= 11 is 0. The summed E-state index contributed by atoms with van der Waals surface area (Å²) in [7, 11) is 0. The number of nitrogens with zero attached hydrogens (tertiary/aromatic N) is 2. The van der Waals surface area contributed by atoms with Gasteiger partial charge < -0.3 is 4.90 Å². The number of rotatable bonds is 1. The molecule has 1 aromatic rings. The molecule has 0 amide bonds. The van der Waals surface area contributed by atoms with Crippen molar-refractivity contribution in [3.8, 4) is 0 Å². The number of hydrazine groups is 1. The van der Waals surface area contributed by atoms with Crippen molar-refractivity contribution >= 4 is 11.6 Å². The molecular weight excluding hydrogens is 200 g/mol. The second-order valence-electron chi connectivity index (χ2n) is 4.22. The van der Waals surface area contributed by atoms with E-state index in [1.807, 2.05) is 19.9 Å². The lowest BCUT2D eigenvalue weighted by atomic mass is 10.2. The number of aliphatic imine (C=N–C) groups is 1. The Bertz CT molecular complexity index is 398. The van der Waals surface area contributed by atoms with Crippen LogP contribution in [-0.4, -0.2) is 18.5 Å². The van der Waals surface area contributed by atoms with Crippen molar-refractivity contribution in [1.82, 2.24) is 5.43 Å². The molecule has 0 aromatic heterocycles. The smallest absolute Gasteiger partial charge is 0.213 e. The quantitative estimate of drug-likeness (QED) is 0.323. The van der Waals surface area contributed by atoms with Gasteiger partial charge in [-0.05, 0) is 31.9 Å². The third-order valence-electron chi connectivity index (χ3n) is 2.65. The van der Waals surface area contributed by atoms with Crippen molar-refractivity contribution in [3.05, 3.63) is 29.8 Å². The molecule has 0 radical (unpaired) electrons. The van der Waals surface area contributed by atoms with Crippen LogP contribution < -0.4 is 16.2 Å². The first-order chi connectivity index (χ1) is 7.72. The number of benzene rings is 1. The van der Waals surface area contributed by atoms with Crippen LogP contribution in [0.2, 0.25) is 0 Å². The van der Waals surface area contributed by atoms with E-state index in [0.29, 0.717) is 0 Å². The van der Waals surface area contributed by atoms with E-state index in [4.69, 9.17) is 5.84 Å². The molecule has 86 valence electrons. The topological polar surface area (TPSA) is 53.6 Å². The van der Waals surface area contributed by atoms with Gasteiger partial charge in [-0.2, -0.15) is 0 Å². The third-order valence-corrected chi connectivity index (χ3v) is 2.65. The number of guanidine groups is 1. The van der Waals surface area contributed by atoms with Gasteiger partial charge >= 0.3 is 0 Å². The molecule has 4 nitrogen and oxygen atoms in total. The second kappa shape index (κ2) is 4.53. The summed E-state index contributed by atoms with van der Waals surface area (Å²) in [6.07, 6.45) is 1.05. The van der Waals surface area contributed by atoms with Crippen LogP contribution in [0, 0.1) is 0 Å². The highest BCUT2D eigenvalue weighted by Gasteiger charge is 2.22. The van der Waals surface area contributed by atoms with E-state index in [-0.39, 0.29) is 6.04 Å². The molecule has 1 aromatic carbocycles. The fourth-order valence-corrected chi connectivity index (χ4v) is 1.99. The van der Waals surface area contributed by atoms with Crippen LogP contribution in [0.1, 0.15) is 19.4 Å². The minimum absolute atomic E-state index is 0.235. The Morgan fingerprint density at radius 3 is 2.88 bits per heavy atom. The second-order valence-corrected chi connectivity index (χ2v) is 4.22. The van der Waals surface area contributed by atoms with Crippen LogP contribution in [0.15, 0.2) is 29.3 Å². The number of nitrogens with two attached hydrogens (primary N) is 1. The Morgan fingerprint density at radius 2 is 2.19 bits per heavy atom. The lowest BCUT2D eigenvalue weighted by molar-refractivity contribution is 0.803. The van der Waals surface area contributed by atoms with Crippen LogP contribution in [0.4, 0.5) is 5.69 Å². The van der Waals surface area contributed by atoms with Crippen LogP contribution in [0.3, 0.4) is 0 Å². The number of para-hydroxylation sites is 1. The van der Waals surface area contributed by atoms with Crippen molar-refractivity contribution in [2.45, 2.75) is 26.3 Å². The highest BCUT2D eigenvalue weighted by atomic mass is 15.4. The highest BCUT2D eigenvalue weighted by Crippen LogP contribution is 2.27. The van der Waals surface area contributed by atoms with E-state index >= 15 is 0 Å². The standard InChI is InChI=1S/C12H18N4/c1-9(2)14-12(15-13)16-8-7-10-5-3-4-6-11(10)16/h3-6,9H,7-8,13H2,1-2H3,(H,14,15). The molecule has 0 saturated heterocycles. The molecular formula is C12H18N4. The third kappa shape index (κ3) is 2.02. The van der Waals surface area contributed by atoms with E-state index in [9.17, 15) is 0 Å². The Labute approximate surface area is 96.1 Å². The molecule has 0 aliphatic carbocycles. The minimum atomic E-state index is 0.235. The minimum Gasteiger partial charge on any atom is -0.311 e. The first-order valence-electron chi connectivity index (χ1n) is 5.62. The Morgan fingerprint density at radius 1 is 1.44 bits per heavy atom. The van der Waals surface area contributed by atoms with Gasteiger partial charge in [-0.3, -0.25) is 5.43 Å². The molecule has 1 aliphatic heterocycles. The molecule has 0 fully saturated rings. The number of fused-ring (bicyclic) bond motifs is 1. The maximum absolute atomic E-state index is 5.54. The average molecular weight is 218 g/mol. The maximum atomic E-state index is 5.54. The molecule has 0 atom stereocenters. The number of nitrogens with one attached hydrogen (secondary N) is 1. The number of hydrogen-bond donors (Lipinski definition) is 2. The van der Waals surface area contributed by atoms with Crippen molar-refractivity contribution in [2.75, 3.05) is 11.4 Å². The molecule has 4 heteroatoms.